The van der Waals surface area contributed by atoms with Crippen LogP contribution in [0.4, 0.5) is 0 Å². The van der Waals surface area contributed by atoms with Gasteiger partial charge in [0.25, 0.3) is 0 Å². The highest BCUT2D eigenvalue weighted by Gasteiger charge is 2.11. The maximum absolute atomic E-state index is 9.40. The molecule has 0 unspecified atom stereocenters. The van der Waals surface area contributed by atoms with Gasteiger partial charge in [-0.05, 0) is 36.1 Å². The largest absolute Gasteiger partial charge is 0.497 e. The SMILES string of the molecule is CCC/C(C#N)=C(\CCC)c1cc(OC)cc(OC)c1. The third kappa shape index (κ3) is 4.03. The van der Waals surface area contributed by atoms with Gasteiger partial charge in [-0.3, -0.25) is 0 Å². The van der Waals surface area contributed by atoms with Crippen LogP contribution in [0.15, 0.2) is 23.8 Å². The number of rotatable bonds is 7. The van der Waals surface area contributed by atoms with E-state index in [0.717, 1.165) is 53.9 Å². The predicted molar refractivity (Wildman–Crippen MR) is 81.9 cm³/mol. The van der Waals surface area contributed by atoms with Crippen molar-refractivity contribution >= 4 is 5.57 Å². The van der Waals surface area contributed by atoms with Gasteiger partial charge in [0.1, 0.15) is 11.5 Å². The van der Waals surface area contributed by atoms with E-state index in [2.05, 4.69) is 19.9 Å². The molecule has 0 aromatic heterocycles. The van der Waals surface area contributed by atoms with Crippen LogP contribution >= 0.6 is 0 Å². The smallest absolute Gasteiger partial charge is 0.123 e. The summed E-state index contributed by atoms with van der Waals surface area (Å²) in [5, 5.41) is 9.40. The first-order valence-electron chi connectivity index (χ1n) is 7.05. The highest BCUT2D eigenvalue weighted by atomic mass is 16.5. The summed E-state index contributed by atoms with van der Waals surface area (Å²) in [5.41, 5.74) is 2.99. The monoisotopic (exact) mass is 273 g/mol. The lowest BCUT2D eigenvalue weighted by molar-refractivity contribution is 0.394. The quantitative estimate of drug-likeness (QED) is 0.683. The molecule has 0 aliphatic rings. The molecule has 0 saturated heterocycles. The average Bonchev–Trinajstić information content (AvgIpc) is 2.50. The van der Waals surface area contributed by atoms with Crippen molar-refractivity contribution in [3.05, 3.63) is 29.3 Å². The molecule has 0 radical (unpaired) electrons. The second kappa shape index (κ2) is 8.27. The van der Waals surface area contributed by atoms with Gasteiger partial charge in [0.15, 0.2) is 0 Å². The van der Waals surface area contributed by atoms with E-state index < -0.39 is 0 Å². The van der Waals surface area contributed by atoms with Crippen molar-refractivity contribution in [2.45, 2.75) is 39.5 Å². The zero-order valence-electron chi connectivity index (χ0n) is 12.8. The van der Waals surface area contributed by atoms with Crippen molar-refractivity contribution in [2.24, 2.45) is 0 Å². The zero-order chi connectivity index (χ0) is 15.0. The Bertz CT molecular complexity index is 490. The van der Waals surface area contributed by atoms with Crippen LogP contribution in [0.25, 0.3) is 5.57 Å². The third-order valence-electron chi connectivity index (χ3n) is 3.20. The minimum absolute atomic E-state index is 0.752. The van der Waals surface area contributed by atoms with Gasteiger partial charge in [-0.25, -0.2) is 0 Å². The maximum atomic E-state index is 9.40. The van der Waals surface area contributed by atoms with Crippen LogP contribution in [0.3, 0.4) is 0 Å². The number of methoxy groups -OCH3 is 2. The van der Waals surface area contributed by atoms with Gasteiger partial charge < -0.3 is 9.47 Å². The second-order valence-corrected chi connectivity index (χ2v) is 4.67. The number of hydrogen-bond donors (Lipinski definition) is 0. The summed E-state index contributed by atoms with van der Waals surface area (Å²) in [7, 11) is 3.28. The van der Waals surface area contributed by atoms with E-state index in [1.165, 1.54) is 0 Å². The average molecular weight is 273 g/mol. The minimum Gasteiger partial charge on any atom is -0.497 e. The van der Waals surface area contributed by atoms with Gasteiger partial charge in [-0.2, -0.15) is 5.26 Å². The van der Waals surface area contributed by atoms with Crippen molar-refractivity contribution in [3.8, 4) is 17.6 Å². The second-order valence-electron chi connectivity index (χ2n) is 4.67. The molecule has 108 valence electrons. The molecule has 1 aromatic rings. The van der Waals surface area contributed by atoms with E-state index in [1.807, 2.05) is 18.2 Å². The Morgan fingerprint density at radius 1 is 1.00 bits per heavy atom. The molecular formula is C17H23NO2. The Morgan fingerprint density at radius 2 is 1.55 bits per heavy atom. The first-order chi connectivity index (χ1) is 9.69. The summed E-state index contributed by atoms with van der Waals surface area (Å²) < 4.78 is 10.6. The molecule has 0 aliphatic carbocycles. The van der Waals surface area contributed by atoms with Crippen LogP contribution in [-0.2, 0) is 0 Å². The lowest BCUT2D eigenvalue weighted by atomic mass is 9.94. The van der Waals surface area contributed by atoms with Crippen LogP contribution < -0.4 is 9.47 Å². The van der Waals surface area contributed by atoms with Crippen LogP contribution in [0.5, 0.6) is 11.5 Å². The Kier molecular flexibility index (Phi) is 6.66. The summed E-state index contributed by atoms with van der Waals surface area (Å²) >= 11 is 0. The lowest BCUT2D eigenvalue weighted by Gasteiger charge is -2.13. The Hall–Kier alpha value is -1.95. The summed E-state index contributed by atoms with van der Waals surface area (Å²) in [5.74, 6) is 1.50. The molecule has 3 nitrogen and oxygen atoms in total. The maximum Gasteiger partial charge on any atom is 0.123 e. The van der Waals surface area contributed by atoms with E-state index in [1.54, 1.807) is 14.2 Å². The molecule has 0 fully saturated rings. The van der Waals surface area contributed by atoms with Gasteiger partial charge in [-0.15, -0.1) is 0 Å². The Morgan fingerprint density at radius 3 is 1.95 bits per heavy atom. The van der Waals surface area contributed by atoms with Gasteiger partial charge in [0.2, 0.25) is 0 Å². The standard InChI is InChI=1S/C17H23NO2/c1-5-7-13(12-18)17(8-6-2)14-9-15(19-3)11-16(10-14)20-4/h9-11H,5-8H2,1-4H3/b17-13-. The van der Waals surface area contributed by atoms with Crippen LogP contribution in [0, 0.1) is 11.3 Å². The molecule has 0 spiro atoms. The van der Waals surface area contributed by atoms with E-state index in [0.29, 0.717) is 0 Å². The van der Waals surface area contributed by atoms with E-state index in [9.17, 15) is 5.26 Å². The molecule has 20 heavy (non-hydrogen) atoms. The van der Waals surface area contributed by atoms with Crippen molar-refractivity contribution in [1.29, 1.82) is 5.26 Å². The fraction of sp³-hybridized carbons (Fsp3) is 0.471. The molecule has 1 aromatic carbocycles. The van der Waals surface area contributed by atoms with Gasteiger partial charge in [0, 0.05) is 11.6 Å². The normalized spacial score (nSPS) is 11.6. The van der Waals surface area contributed by atoms with Gasteiger partial charge >= 0.3 is 0 Å². The summed E-state index contributed by atoms with van der Waals surface area (Å²) in [6.07, 6.45) is 3.67. The van der Waals surface area contributed by atoms with E-state index in [-0.39, 0.29) is 0 Å². The van der Waals surface area contributed by atoms with Crippen molar-refractivity contribution in [3.63, 3.8) is 0 Å². The van der Waals surface area contributed by atoms with E-state index >= 15 is 0 Å². The molecule has 3 heteroatoms. The number of benzene rings is 1. The number of nitriles is 1. The third-order valence-corrected chi connectivity index (χ3v) is 3.20. The minimum atomic E-state index is 0.752. The number of nitrogens with zero attached hydrogens (tertiary/aromatic N) is 1. The van der Waals surface area contributed by atoms with Crippen LogP contribution in [-0.4, -0.2) is 14.2 Å². The highest BCUT2D eigenvalue weighted by Crippen LogP contribution is 2.32. The Balaban J connectivity index is 3.37. The first kappa shape index (κ1) is 16.1. The lowest BCUT2D eigenvalue weighted by Crippen LogP contribution is -1.95. The van der Waals surface area contributed by atoms with Gasteiger partial charge in [0.05, 0.1) is 20.3 Å². The summed E-state index contributed by atoms with van der Waals surface area (Å²) in [4.78, 5) is 0. The fourth-order valence-corrected chi connectivity index (χ4v) is 2.23. The molecule has 0 atom stereocenters. The molecule has 0 saturated carbocycles. The number of ether oxygens (including phenoxy) is 2. The van der Waals surface area contributed by atoms with E-state index in [4.69, 9.17) is 9.47 Å². The molecule has 0 aliphatic heterocycles. The zero-order valence-corrected chi connectivity index (χ0v) is 12.8. The Labute approximate surface area is 121 Å². The predicted octanol–water partition coefficient (Wildman–Crippen LogP) is 4.58. The number of allylic oxidation sites excluding steroid dienone is 2. The first-order valence-corrected chi connectivity index (χ1v) is 7.05. The van der Waals surface area contributed by atoms with Crippen molar-refractivity contribution in [2.75, 3.05) is 14.2 Å². The molecular weight excluding hydrogens is 250 g/mol. The summed E-state index contributed by atoms with van der Waals surface area (Å²) in [6.45, 7) is 4.21. The topological polar surface area (TPSA) is 42.2 Å². The number of hydrogen-bond acceptors (Lipinski definition) is 3. The van der Waals surface area contributed by atoms with Crippen LogP contribution in [0.2, 0.25) is 0 Å². The summed E-state index contributed by atoms with van der Waals surface area (Å²) in [6, 6.07) is 8.15. The molecule has 0 heterocycles. The molecule has 0 N–H and O–H groups in total. The fourth-order valence-electron chi connectivity index (χ4n) is 2.23. The van der Waals surface area contributed by atoms with Gasteiger partial charge in [-0.1, -0.05) is 26.7 Å². The molecule has 0 bridgehead atoms. The van der Waals surface area contributed by atoms with Crippen molar-refractivity contribution in [1.82, 2.24) is 0 Å². The van der Waals surface area contributed by atoms with Crippen LogP contribution in [0.1, 0.15) is 45.1 Å². The highest BCUT2D eigenvalue weighted by molar-refractivity contribution is 5.73. The molecule has 1 rings (SSSR count). The van der Waals surface area contributed by atoms with Crippen molar-refractivity contribution < 1.29 is 9.47 Å². The molecule has 0 amide bonds.